The number of ether oxygens (including phenoxy) is 1. The third-order valence-electron chi connectivity index (χ3n) is 5.63. The molecule has 0 unspecified atom stereocenters. The maximum atomic E-state index is 13.9. The zero-order valence-electron chi connectivity index (χ0n) is 16.2. The van der Waals surface area contributed by atoms with Gasteiger partial charge in [0.2, 0.25) is 5.91 Å². The number of nitrogens with zero attached hydrogens (tertiary/aromatic N) is 1. The summed E-state index contributed by atoms with van der Waals surface area (Å²) in [4.78, 5) is 14.4. The van der Waals surface area contributed by atoms with Crippen molar-refractivity contribution >= 4 is 27.3 Å². The first kappa shape index (κ1) is 19.7. The van der Waals surface area contributed by atoms with Crippen LogP contribution < -0.4 is 14.4 Å². The van der Waals surface area contributed by atoms with Gasteiger partial charge in [0.1, 0.15) is 0 Å². The summed E-state index contributed by atoms with van der Waals surface area (Å²) in [5.41, 5.74) is 2.16. The van der Waals surface area contributed by atoms with Crippen LogP contribution in [0.1, 0.15) is 31.2 Å². The van der Waals surface area contributed by atoms with Gasteiger partial charge in [-0.05, 0) is 61.2 Å². The largest absolute Gasteiger partial charge is 0.494 e. The number of anilines is 2. The van der Waals surface area contributed by atoms with Crippen molar-refractivity contribution in [3.8, 4) is 5.75 Å². The smallest absolute Gasteiger partial charge is 0.262 e. The maximum absolute atomic E-state index is 13.9. The van der Waals surface area contributed by atoms with E-state index in [9.17, 15) is 17.6 Å². The summed E-state index contributed by atoms with van der Waals surface area (Å²) in [7, 11) is -2.63. The van der Waals surface area contributed by atoms with Gasteiger partial charge < -0.3 is 9.64 Å². The maximum Gasteiger partial charge on any atom is 0.262 e. The standard InChI is InChI=1S/C21H23FN2O4S/c1-28-20-9-7-17(13-18(20)22)29(26,27)23-16-6-8-19-15(12-16)10-11-24(19)21(25)14-4-2-3-5-14/h6-9,12-14,23H,2-5,10-11H2,1H3. The Hall–Kier alpha value is -2.61. The topological polar surface area (TPSA) is 75.7 Å². The van der Waals surface area contributed by atoms with Gasteiger partial charge in [-0.25, -0.2) is 12.8 Å². The zero-order valence-corrected chi connectivity index (χ0v) is 17.0. The molecule has 1 fully saturated rings. The van der Waals surface area contributed by atoms with Gasteiger partial charge in [-0.3, -0.25) is 9.52 Å². The van der Waals surface area contributed by atoms with E-state index in [0.29, 0.717) is 18.7 Å². The van der Waals surface area contributed by atoms with Crippen molar-refractivity contribution in [1.82, 2.24) is 0 Å². The van der Waals surface area contributed by atoms with Gasteiger partial charge in [-0.15, -0.1) is 0 Å². The van der Waals surface area contributed by atoms with E-state index in [-0.39, 0.29) is 22.5 Å². The lowest BCUT2D eigenvalue weighted by Crippen LogP contribution is -2.33. The lowest BCUT2D eigenvalue weighted by atomic mass is 10.1. The Morgan fingerprint density at radius 3 is 2.62 bits per heavy atom. The number of carbonyl (C=O) groups is 1. The van der Waals surface area contributed by atoms with Gasteiger partial charge >= 0.3 is 0 Å². The van der Waals surface area contributed by atoms with Gasteiger partial charge in [-0.1, -0.05) is 12.8 Å². The van der Waals surface area contributed by atoms with Crippen LogP contribution in [0.5, 0.6) is 5.75 Å². The molecule has 2 aliphatic rings. The first-order valence-corrected chi connectivity index (χ1v) is 11.2. The van der Waals surface area contributed by atoms with E-state index >= 15 is 0 Å². The molecule has 0 aromatic heterocycles. The molecule has 0 radical (unpaired) electrons. The first-order chi connectivity index (χ1) is 13.9. The number of amides is 1. The van der Waals surface area contributed by atoms with Crippen LogP contribution in [0.25, 0.3) is 0 Å². The molecule has 6 nitrogen and oxygen atoms in total. The molecule has 0 saturated heterocycles. The summed E-state index contributed by atoms with van der Waals surface area (Å²) in [5, 5.41) is 0. The van der Waals surface area contributed by atoms with Crippen LogP contribution in [0.2, 0.25) is 0 Å². The molecule has 0 bridgehead atoms. The molecular formula is C21H23FN2O4S. The summed E-state index contributed by atoms with van der Waals surface area (Å²) in [6.45, 7) is 0.616. The zero-order chi connectivity index (χ0) is 20.6. The molecule has 1 heterocycles. The predicted molar refractivity (Wildman–Crippen MR) is 108 cm³/mol. The van der Waals surface area contributed by atoms with Crippen LogP contribution in [-0.2, 0) is 21.2 Å². The average molecular weight is 418 g/mol. The van der Waals surface area contributed by atoms with Crippen molar-refractivity contribution in [2.75, 3.05) is 23.3 Å². The number of hydrogen-bond donors (Lipinski definition) is 1. The average Bonchev–Trinajstić information content (AvgIpc) is 3.37. The van der Waals surface area contributed by atoms with Gasteiger partial charge in [0.15, 0.2) is 11.6 Å². The monoisotopic (exact) mass is 418 g/mol. The normalized spacial score (nSPS) is 16.7. The number of carbonyl (C=O) groups excluding carboxylic acids is 1. The van der Waals surface area contributed by atoms with Gasteiger partial charge in [-0.2, -0.15) is 0 Å². The van der Waals surface area contributed by atoms with E-state index in [1.165, 1.54) is 19.2 Å². The van der Waals surface area contributed by atoms with Crippen molar-refractivity contribution < 1.29 is 22.3 Å². The second kappa shape index (κ2) is 7.67. The molecule has 8 heteroatoms. The number of methoxy groups -OCH3 is 1. The van der Waals surface area contributed by atoms with Crippen LogP contribution in [0.15, 0.2) is 41.3 Å². The van der Waals surface area contributed by atoms with Crippen LogP contribution in [0.4, 0.5) is 15.8 Å². The molecular weight excluding hydrogens is 395 g/mol. The quantitative estimate of drug-likeness (QED) is 0.803. The Morgan fingerprint density at radius 2 is 1.93 bits per heavy atom. The summed E-state index contributed by atoms with van der Waals surface area (Å²) < 4.78 is 46.4. The Bertz CT molecular complexity index is 1050. The van der Waals surface area contributed by atoms with Crippen molar-refractivity contribution in [2.24, 2.45) is 5.92 Å². The van der Waals surface area contributed by atoms with E-state index in [0.717, 1.165) is 43.0 Å². The van der Waals surface area contributed by atoms with E-state index in [2.05, 4.69) is 4.72 Å². The Kier molecular flexibility index (Phi) is 5.21. The van der Waals surface area contributed by atoms with Gasteiger partial charge in [0.05, 0.1) is 12.0 Å². The molecule has 1 aliphatic carbocycles. The minimum absolute atomic E-state index is 0.0199. The summed E-state index contributed by atoms with van der Waals surface area (Å²) >= 11 is 0. The van der Waals surface area contributed by atoms with Crippen LogP contribution >= 0.6 is 0 Å². The Morgan fingerprint density at radius 1 is 1.17 bits per heavy atom. The van der Waals surface area contributed by atoms with E-state index in [1.54, 1.807) is 18.2 Å². The fourth-order valence-electron chi connectivity index (χ4n) is 4.12. The van der Waals surface area contributed by atoms with E-state index in [1.807, 2.05) is 4.90 Å². The highest BCUT2D eigenvalue weighted by Gasteiger charge is 2.32. The highest BCUT2D eigenvalue weighted by molar-refractivity contribution is 7.92. The fourth-order valence-corrected chi connectivity index (χ4v) is 5.18. The third-order valence-corrected chi connectivity index (χ3v) is 7.01. The minimum atomic E-state index is -3.95. The number of rotatable bonds is 5. The number of nitrogens with one attached hydrogen (secondary N) is 1. The van der Waals surface area contributed by atoms with Gasteiger partial charge in [0.25, 0.3) is 10.0 Å². The molecule has 154 valence electrons. The SMILES string of the molecule is COc1ccc(S(=O)(=O)Nc2ccc3c(c2)CCN3C(=O)C2CCCC2)cc1F. The van der Waals surface area contributed by atoms with Crippen molar-refractivity contribution in [1.29, 1.82) is 0 Å². The molecule has 1 amide bonds. The molecule has 2 aromatic rings. The summed E-state index contributed by atoms with van der Waals surface area (Å²) in [6, 6.07) is 8.65. The van der Waals surface area contributed by atoms with Crippen LogP contribution in [-0.4, -0.2) is 28.0 Å². The van der Waals surface area contributed by atoms with Crippen molar-refractivity contribution in [3.05, 3.63) is 47.8 Å². The Balaban J connectivity index is 1.54. The summed E-state index contributed by atoms with van der Waals surface area (Å²) in [5.74, 6) is -0.494. The van der Waals surface area contributed by atoms with E-state index < -0.39 is 15.8 Å². The molecule has 0 spiro atoms. The molecule has 2 aromatic carbocycles. The van der Waals surface area contributed by atoms with Crippen LogP contribution in [0, 0.1) is 11.7 Å². The third kappa shape index (κ3) is 3.81. The van der Waals surface area contributed by atoms with Crippen molar-refractivity contribution in [2.45, 2.75) is 37.0 Å². The van der Waals surface area contributed by atoms with Crippen molar-refractivity contribution in [3.63, 3.8) is 0 Å². The second-order valence-electron chi connectivity index (χ2n) is 7.47. The number of benzene rings is 2. The minimum Gasteiger partial charge on any atom is -0.494 e. The lowest BCUT2D eigenvalue weighted by molar-refractivity contribution is -0.122. The molecule has 1 N–H and O–H groups in total. The number of halogens is 1. The van der Waals surface area contributed by atoms with Gasteiger partial charge in [0, 0.05) is 23.8 Å². The highest BCUT2D eigenvalue weighted by atomic mass is 32.2. The second-order valence-corrected chi connectivity index (χ2v) is 9.15. The number of sulfonamides is 1. The van der Waals surface area contributed by atoms with E-state index in [4.69, 9.17) is 4.74 Å². The molecule has 4 rings (SSSR count). The molecule has 1 aliphatic heterocycles. The molecule has 0 atom stereocenters. The van der Waals surface area contributed by atoms with Crippen LogP contribution in [0.3, 0.4) is 0 Å². The fraction of sp³-hybridized carbons (Fsp3) is 0.381. The number of fused-ring (bicyclic) bond motifs is 1. The molecule has 1 saturated carbocycles. The first-order valence-electron chi connectivity index (χ1n) is 9.70. The predicted octanol–water partition coefficient (Wildman–Crippen LogP) is 3.71. The Labute approximate surface area is 169 Å². The summed E-state index contributed by atoms with van der Waals surface area (Å²) in [6.07, 6.45) is 4.77. The number of hydrogen-bond acceptors (Lipinski definition) is 4. The highest BCUT2D eigenvalue weighted by Crippen LogP contribution is 2.35. The lowest BCUT2D eigenvalue weighted by Gasteiger charge is -2.21. The molecule has 29 heavy (non-hydrogen) atoms.